The molecule has 1 rings (SSSR count). The van der Waals surface area contributed by atoms with Crippen LogP contribution >= 0.6 is 0 Å². The van der Waals surface area contributed by atoms with Crippen molar-refractivity contribution < 1.29 is 26.4 Å². The largest absolute Gasteiger partial charge is 0.324 e. The van der Waals surface area contributed by atoms with Crippen LogP contribution in [0.4, 0.5) is 18.9 Å². The second-order valence-corrected chi connectivity index (χ2v) is 6.26. The third kappa shape index (κ3) is 4.90. The topological polar surface area (TPSA) is 63.2 Å². The summed E-state index contributed by atoms with van der Waals surface area (Å²) in [4.78, 5) is 11.4. The van der Waals surface area contributed by atoms with Gasteiger partial charge in [-0.05, 0) is 18.6 Å². The van der Waals surface area contributed by atoms with Crippen molar-refractivity contribution in [3.8, 4) is 0 Å². The first-order valence-electron chi connectivity index (χ1n) is 5.32. The lowest BCUT2D eigenvalue weighted by Crippen LogP contribution is -2.15. The smallest absolute Gasteiger partial charge is 0.224 e. The highest BCUT2D eigenvalue weighted by Gasteiger charge is 2.15. The number of sulfone groups is 1. The molecule has 1 aromatic carbocycles. The average molecular weight is 295 g/mol. The Morgan fingerprint density at radius 3 is 2.42 bits per heavy atom. The molecule has 0 atom stereocenters. The number of rotatable bonds is 5. The summed E-state index contributed by atoms with van der Waals surface area (Å²) in [5.74, 6) is -5.37. The number of benzene rings is 1. The molecule has 0 aliphatic carbocycles. The molecule has 0 spiro atoms. The molecule has 1 aromatic rings. The van der Waals surface area contributed by atoms with Crippen molar-refractivity contribution in [3.05, 3.63) is 29.6 Å². The van der Waals surface area contributed by atoms with Crippen LogP contribution in [0.15, 0.2) is 12.1 Å². The maximum absolute atomic E-state index is 13.2. The lowest BCUT2D eigenvalue weighted by molar-refractivity contribution is -0.116. The molecule has 0 heterocycles. The van der Waals surface area contributed by atoms with Crippen LogP contribution in [0.1, 0.15) is 12.8 Å². The van der Waals surface area contributed by atoms with Crippen LogP contribution < -0.4 is 5.32 Å². The summed E-state index contributed by atoms with van der Waals surface area (Å²) in [6, 6.07) is 1.58. The molecule has 1 amide bonds. The fourth-order valence-electron chi connectivity index (χ4n) is 1.33. The van der Waals surface area contributed by atoms with Gasteiger partial charge in [0.2, 0.25) is 5.91 Å². The second-order valence-electron chi connectivity index (χ2n) is 4.00. The van der Waals surface area contributed by atoms with E-state index < -0.39 is 38.9 Å². The van der Waals surface area contributed by atoms with Gasteiger partial charge in [0.25, 0.3) is 0 Å². The van der Waals surface area contributed by atoms with Crippen LogP contribution in [0, 0.1) is 17.5 Å². The Morgan fingerprint density at radius 1 is 1.21 bits per heavy atom. The molecule has 1 N–H and O–H groups in total. The SMILES string of the molecule is CS(=O)(=O)CCCC(=O)Nc1ccc(F)c(F)c1F. The van der Waals surface area contributed by atoms with Crippen LogP contribution in [0.2, 0.25) is 0 Å². The van der Waals surface area contributed by atoms with Gasteiger partial charge in [0.1, 0.15) is 9.84 Å². The van der Waals surface area contributed by atoms with Gasteiger partial charge in [0.15, 0.2) is 17.5 Å². The van der Waals surface area contributed by atoms with Crippen molar-refractivity contribution in [2.24, 2.45) is 0 Å². The number of hydrogen-bond acceptors (Lipinski definition) is 3. The van der Waals surface area contributed by atoms with E-state index in [0.29, 0.717) is 6.07 Å². The Balaban J connectivity index is 2.61. The number of amides is 1. The number of carbonyl (C=O) groups is 1. The Hall–Kier alpha value is -1.57. The molecule has 0 saturated heterocycles. The summed E-state index contributed by atoms with van der Waals surface area (Å²) in [6.07, 6.45) is 0.932. The summed E-state index contributed by atoms with van der Waals surface area (Å²) in [6.45, 7) is 0. The molecular weight excluding hydrogens is 283 g/mol. The van der Waals surface area contributed by atoms with E-state index in [2.05, 4.69) is 0 Å². The van der Waals surface area contributed by atoms with Gasteiger partial charge in [0.05, 0.1) is 11.4 Å². The van der Waals surface area contributed by atoms with Gasteiger partial charge < -0.3 is 5.32 Å². The maximum Gasteiger partial charge on any atom is 0.224 e. The summed E-state index contributed by atoms with van der Waals surface area (Å²) < 4.78 is 60.4. The van der Waals surface area contributed by atoms with Gasteiger partial charge >= 0.3 is 0 Å². The molecule has 0 saturated carbocycles. The first-order valence-corrected chi connectivity index (χ1v) is 7.38. The van der Waals surface area contributed by atoms with Crippen molar-refractivity contribution >= 4 is 21.4 Å². The van der Waals surface area contributed by atoms with Gasteiger partial charge in [-0.25, -0.2) is 21.6 Å². The highest BCUT2D eigenvalue weighted by atomic mass is 32.2. The highest BCUT2D eigenvalue weighted by Crippen LogP contribution is 2.19. The lowest BCUT2D eigenvalue weighted by Gasteiger charge is -2.07. The molecule has 19 heavy (non-hydrogen) atoms. The molecule has 0 radical (unpaired) electrons. The van der Waals surface area contributed by atoms with Crippen LogP contribution in [-0.2, 0) is 14.6 Å². The maximum atomic E-state index is 13.2. The molecule has 0 bridgehead atoms. The Kier molecular flexibility index (Phi) is 4.93. The summed E-state index contributed by atoms with van der Waals surface area (Å²) in [5, 5.41) is 2.05. The highest BCUT2D eigenvalue weighted by molar-refractivity contribution is 7.90. The molecule has 4 nitrogen and oxygen atoms in total. The van der Waals surface area contributed by atoms with Crippen molar-refractivity contribution in [1.82, 2.24) is 0 Å². The number of hydrogen-bond donors (Lipinski definition) is 1. The molecule has 0 fully saturated rings. The van der Waals surface area contributed by atoms with Gasteiger partial charge in [0, 0.05) is 12.7 Å². The standard InChI is InChI=1S/C11H12F3NO3S/c1-19(17,18)6-2-3-9(16)15-8-5-4-7(12)10(13)11(8)14/h4-5H,2-3,6H2,1H3,(H,15,16). The molecule has 0 unspecified atom stereocenters. The van der Waals surface area contributed by atoms with E-state index >= 15 is 0 Å². The van der Waals surface area contributed by atoms with Gasteiger partial charge in [-0.3, -0.25) is 4.79 Å². The van der Waals surface area contributed by atoms with Crippen LogP contribution in [0.3, 0.4) is 0 Å². The zero-order chi connectivity index (χ0) is 14.6. The van der Waals surface area contributed by atoms with E-state index in [1.165, 1.54) is 0 Å². The molecule has 0 aliphatic rings. The quantitative estimate of drug-likeness (QED) is 0.843. The first kappa shape index (κ1) is 15.5. The first-order chi connectivity index (χ1) is 8.70. The molecular formula is C11H12F3NO3S. The lowest BCUT2D eigenvalue weighted by atomic mass is 10.2. The van der Waals surface area contributed by atoms with Gasteiger partial charge in [-0.1, -0.05) is 0 Å². The number of halogens is 3. The van der Waals surface area contributed by atoms with Crippen molar-refractivity contribution in [2.45, 2.75) is 12.8 Å². The molecule has 8 heteroatoms. The van der Waals surface area contributed by atoms with E-state index in [1.54, 1.807) is 0 Å². The number of nitrogens with one attached hydrogen (secondary N) is 1. The van der Waals surface area contributed by atoms with E-state index in [1.807, 2.05) is 5.32 Å². The van der Waals surface area contributed by atoms with Gasteiger partial charge in [-0.15, -0.1) is 0 Å². The Labute approximate surface area is 108 Å². The second kappa shape index (κ2) is 6.05. The molecule has 0 aromatic heterocycles. The fraction of sp³-hybridized carbons (Fsp3) is 0.364. The fourth-order valence-corrected chi connectivity index (χ4v) is 2.00. The van der Waals surface area contributed by atoms with Crippen LogP contribution in [-0.4, -0.2) is 26.3 Å². The van der Waals surface area contributed by atoms with E-state index in [9.17, 15) is 26.4 Å². The normalized spacial score (nSPS) is 11.4. The summed E-state index contributed by atoms with van der Waals surface area (Å²) in [7, 11) is -3.18. The predicted octanol–water partition coefficient (Wildman–Crippen LogP) is 1.87. The third-order valence-electron chi connectivity index (χ3n) is 2.23. The van der Waals surface area contributed by atoms with Crippen molar-refractivity contribution in [1.29, 1.82) is 0 Å². The van der Waals surface area contributed by atoms with Crippen molar-refractivity contribution in [2.75, 3.05) is 17.3 Å². The minimum atomic E-state index is -3.18. The van der Waals surface area contributed by atoms with Crippen LogP contribution in [0.5, 0.6) is 0 Å². The average Bonchev–Trinajstić information content (AvgIpc) is 2.28. The zero-order valence-electron chi connectivity index (χ0n) is 10.0. The molecule has 106 valence electrons. The van der Waals surface area contributed by atoms with E-state index in [0.717, 1.165) is 12.3 Å². The predicted molar refractivity (Wildman–Crippen MR) is 63.9 cm³/mol. The van der Waals surface area contributed by atoms with E-state index in [4.69, 9.17) is 0 Å². The number of carbonyl (C=O) groups excluding carboxylic acids is 1. The minimum absolute atomic E-state index is 0.0654. The van der Waals surface area contributed by atoms with Gasteiger partial charge in [-0.2, -0.15) is 0 Å². The monoisotopic (exact) mass is 295 g/mol. The Bertz CT molecular complexity index is 587. The minimum Gasteiger partial charge on any atom is -0.324 e. The van der Waals surface area contributed by atoms with E-state index in [-0.39, 0.29) is 18.6 Å². The Morgan fingerprint density at radius 2 is 1.84 bits per heavy atom. The number of anilines is 1. The third-order valence-corrected chi connectivity index (χ3v) is 3.26. The van der Waals surface area contributed by atoms with Crippen LogP contribution in [0.25, 0.3) is 0 Å². The van der Waals surface area contributed by atoms with Crippen molar-refractivity contribution in [3.63, 3.8) is 0 Å². The summed E-state index contributed by atoms with van der Waals surface area (Å²) in [5.41, 5.74) is -0.483. The molecule has 0 aliphatic heterocycles. The zero-order valence-corrected chi connectivity index (χ0v) is 10.9. The summed E-state index contributed by atoms with van der Waals surface area (Å²) >= 11 is 0.